The summed E-state index contributed by atoms with van der Waals surface area (Å²) in [6.45, 7) is 6.15. The van der Waals surface area contributed by atoms with Gasteiger partial charge in [-0.15, -0.1) is 0 Å². The van der Waals surface area contributed by atoms with Gasteiger partial charge >= 0.3 is 5.97 Å². The second-order valence-electron chi connectivity index (χ2n) is 7.29. The van der Waals surface area contributed by atoms with Crippen LogP contribution in [-0.2, 0) is 10.2 Å². The lowest BCUT2D eigenvalue weighted by atomic mass is 9.87. The average molecular weight is 410 g/mol. The van der Waals surface area contributed by atoms with Gasteiger partial charge in [-0.1, -0.05) is 50.6 Å². The first-order chi connectivity index (χ1) is 13.1. The van der Waals surface area contributed by atoms with Crippen molar-refractivity contribution in [2.45, 2.75) is 38.1 Å². The van der Waals surface area contributed by atoms with Gasteiger partial charge < -0.3 is 10.1 Å². The van der Waals surface area contributed by atoms with Crippen molar-refractivity contribution in [1.82, 2.24) is 5.32 Å². The number of carbonyl (C=O) groups is 2. The highest BCUT2D eigenvalue weighted by molar-refractivity contribution is 6.21. The summed E-state index contributed by atoms with van der Waals surface area (Å²) in [6, 6.07) is 10.2. The van der Waals surface area contributed by atoms with Crippen molar-refractivity contribution >= 4 is 23.5 Å². The molecule has 7 heteroatoms. The zero-order valence-corrected chi connectivity index (χ0v) is 16.6. The summed E-state index contributed by atoms with van der Waals surface area (Å²) >= 11 is 5.96. The van der Waals surface area contributed by atoms with Gasteiger partial charge in [0, 0.05) is 6.42 Å². The molecule has 1 amide bonds. The second kappa shape index (κ2) is 9.15. The van der Waals surface area contributed by atoms with Gasteiger partial charge in [0.1, 0.15) is 22.7 Å². The standard InChI is InChI=1S/C21H22ClF2NO3/c1-21(2,3)14-9-7-13(8-10-14)20(27)28-12-11-17(22)25-19(26)18-15(23)5-4-6-16(18)24/h4-10,17H,11-12H2,1-3H3,(H,25,26). The lowest BCUT2D eigenvalue weighted by molar-refractivity contribution is 0.0497. The SMILES string of the molecule is CC(C)(C)c1ccc(C(=O)OCCC(Cl)NC(=O)c2c(F)cccc2F)cc1. The van der Waals surface area contributed by atoms with Crippen LogP contribution in [0.5, 0.6) is 0 Å². The normalized spacial score (nSPS) is 12.4. The number of benzene rings is 2. The third-order valence-electron chi connectivity index (χ3n) is 4.07. The molecule has 2 aromatic rings. The number of halogens is 3. The van der Waals surface area contributed by atoms with E-state index in [4.69, 9.17) is 16.3 Å². The predicted molar refractivity (Wildman–Crippen MR) is 104 cm³/mol. The van der Waals surface area contributed by atoms with Crippen molar-refractivity contribution in [2.24, 2.45) is 0 Å². The van der Waals surface area contributed by atoms with Crippen LogP contribution >= 0.6 is 11.6 Å². The Morgan fingerprint density at radius 3 is 2.18 bits per heavy atom. The van der Waals surface area contributed by atoms with Gasteiger partial charge in [-0.2, -0.15) is 0 Å². The first-order valence-electron chi connectivity index (χ1n) is 8.76. The Morgan fingerprint density at radius 2 is 1.64 bits per heavy atom. The topological polar surface area (TPSA) is 55.4 Å². The van der Waals surface area contributed by atoms with Crippen LogP contribution in [0, 0.1) is 11.6 Å². The molecule has 0 aliphatic heterocycles. The molecular formula is C21H22ClF2NO3. The van der Waals surface area contributed by atoms with Crippen LogP contribution in [0.1, 0.15) is 53.5 Å². The molecule has 0 fully saturated rings. The highest BCUT2D eigenvalue weighted by Gasteiger charge is 2.20. The number of rotatable bonds is 6. The van der Waals surface area contributed by atoms with Gasteiger partial charge in [0.15, 0.2) is 0 Å². The van der Waals surface area contributed by atoms with Gasteiger partial charge in [0.25, 0.3) is 5.91 Å². The van der Waals surface area contributed by atoms with Crippen LogP contribution in [0.25, 0.3) is 0 Å². The maximum Gasteiger partial charge on any atom is 0.338 e. The molecule has 2 aromatic carbocycles. The molecular weight excluding hydrogens is 388 g/mol. The van der Waals surface area contributed by atoms with Crippen LogP contribution in [-0.4, -0.2) is 24.0 Å². The lowest BCUT2D eigenvalue weighted by Crippen LogP contribution is -2.33. The molecule has 0 saturated carbocycles. The minimum absolute atomic E-state index is 0.0236. The quantitative estimate of drug-likeness (QED) is 0.423. The van der Waals surface area contributed by atoms with Crippen LogP contribution in [0.4, 0.5) is 8.78 Å². The summed E-state index contributed by atoms with van der Waals surface area (Å²) in [6.07, 6.45) is 0.0786. The smallest absolute Gasteiger partial charge is 0.338 e. The molecule has 2 rings (SSSR count). The monoisotopic (exact) mass is 409 g/mol. The number of carbonyl (C=O) groups excluding carboxylic acids is 2. The van der Waals surface area contributed by atoms with E-state index in [9.17, 15) is 18.4 Å². The first kappa shape index (κ1) is 21.8. The zero-order chi connectivity index (χ0) is 20.9. The van der Waals surface area contributed by atoms with E-state index in [1.54, 1.807) is 12.1 Å². The maximum absolute atomic E-state index is 13.6. The summed E-state index contributed by atoms with van der Waals surface area (Å²) in [5.41, 5.74) is -0.194. The van der Waals surface area contributed by atoms with Gasteiger partial charge in [-0.3, -0.25) is 4.79 Å². The molecule has 0 heterocycles. The van der Waals surface area contributed by atoms with E-state index in [2.05, 4.69) is 26.1 Å². The molecule has 0 aliphatic rings. The van der Waals surface area contributed by atoms with Crippen LogP contribution in [0.15, 0.2) is 42.5 Å². The van der Waals surface area contributed by atoms with E-state index >= 15 is 0 Å². The van der Waals surface area contributed by atoms with Crippen molar-refractivity contribution < 1.29 is 23.1 Å². The minimum atomic E-state index is -0.980. The van der Waals surface area contributed by atoms with E-state index in [0.29, 0.717) is 5.56 Å². The Kier molecular flexibility index (Phi) is 7.13. The van der Waals surface area contributed by atoms with E-state index in [0.717, 1.165) is 23.8 Å². The Balaban J connectivity index is 1.84. The highest BCUT2D eigenvalue weighted by atomic mass is 35.5. The molecule has 4 nitrogen and oxygen atoms in total. The van der Waals surface area contributed by atoms with Crippen LogP contribution < -0.4 is 5.32 Å². The molecule has 0 saturated heterocycles. The molecule has 0 radical (unpaired) electrons. The summed E-state index contributed by atoms with van der Waals surface area (Å²) < 4.78 is 32.3. The van der Waals surface area contributed by atoms with E-state index in [-0.39, 0.29) is 18.4 Å². The summed E-state index contributed by atoms with van der Waals surface area (Å²) in [5, 5.41) is 2.27. The van der Waals surface area contributed by atoms with Gasteiger partial charge in [0.2, 0.25) is 0 Å². The van der Waals surface area contributed by atoms with Gasteiger partial charge in [-0.25, -0.2) is 13.6 Å². The summed E-state index contributed by atoms with van der Waals surface area (Å²) in [5.74, 6) is -3.45. The summed E-state index contributed by atoms with van der Waals surface area (Å²) in [4.78, 5) is 24.0. The Morgan fingerprint density at radius 1 is 1.07 bits per heavy atom. The Bertz CT molecular complexity index is 827. The number of hydrogen-bond donors (Lipinski definition) is 1. The van der Waals surface area contributed by atoms with Gasteiger partial charge in [0.05, 0.1) is 12.2 Å². The second-order valence-corrected chi connectivity index (χ2v) is 7.82. The number of ether oxygens (including phenoxy) is 1. The van der Waals surface area contributed by atoms with E-state index in [1.165, 1.54) is 0 Å². The number of nitrogens with one attached hydrogen (secondary N) is 1. The zero-order valence-electron chi connectivity index (χ0n) is 15.9. The number of alkyl halides is 1. The largest absolute Gasteiger partial charge is 0.462 e. The maximum atomic E-state index is 13.6. The fourth-order valence-corrected chi connectivity index (χ4v) is 2.63. The molecule has 150 valence electrons. The average Bonchev–Trinajstić information content (AvgIpc) is 2.60. The highest BCUT2D eigenvalue weighted by Crippen LogP contribution is 2.22. The predicted octanol–water partition coefficient (Wildman–Crippen LogP) is 4.80. The fourth-order valence-electron chi connectivity index (χ4n) is 2.45. The van der Waals surface area contributed by atoms with Crippen molar-refractivity contribution in [2.75, 3.05) is 6.61 Å². The van der Waals surface area contributed by atoms with Crippen molar-refractivity contribution in [1.29, 1.82) is 0 Å². The number of amides is 1. The summed E-state index contributed by atoms with van der Waals surface area (Å²) in [7, 11) is 0. The molecule has 28 heavy (non-hydrogen) atoms. The third-order valence-corrected chi connectivity index (χ3v) is 4.40. The minimum Gasteiger partial charge on any atom is -0.462 e. The lowest BCUT2D eigenvalue weighted by Gasteiger charge is -2.19. The Hall–Kier alpha value is -2.47. The molecule has 1 atom stereocenters. The molecule has 0 bridgehead atoms. The molecule has 1 unspecified atom stereocenters. The first-order valence-corrected chi connectivity index (χ1v) is 9.20. The van der Waals surface area contributed by atoms with Crippen molar-refractivity contribution in [3.05, 3.63) is 70.8 Å². The van der Waals surface area contributed by atoms with Crippen molar-refractivity contribution in [3.63, 3.8) is 0 Å². The molecule has 0 aliphatic carbocycles. The van der Waals surface area contributed by atoms with Crippen LogP contribution in [0.3, 0.4) is 0 Å². The number of esters is 1. The molecule has 0 aromatic heterocycles. The van der Waals surface area contributed by atoms with Gasteiger partial charge in [-0.05, 0) is 35.2 Å². The molecule has 0 spiro atoms. The molecule has 1 N–H and O–H groups in total. The van der Waals surface area contributed by atoms with Crippen molar-refractivity contribution in [3.8, 4) is 0 Å². The number of hydrogen-bond acceptors (Lipinski definition) is 3. The third kappa shape index (κ3) is 5.76. The Labute approximate surface area is 167 Å². The fraction of sp³-hybridized carbons (Fsp3) is 0.333. The van der Waals surface area contributed by atoms with Crippen LogP contribution in [0.2, 0.25) is 0 Å². The van der Waals surface area contributed by atoms with E-state index < -0.39 is 34.6 Å². The van der Waals surface area contributed by atoms with E-state index in [1.807, 2.05) is 12.1 Å².